The summed E-state index contributed by atoms with van der Waals surface area (Å²) in [5, 5.41) is 74.4. The minimum Gasteiger partial charge on any atom is -0.508 e. The summed E-state index contributed by atoms with van der Waals surface area (Å²) in [5.41, 5.74) is 7.46. The Morgan fingerprint density at radius 2 is 0.638 bits per heavy atom. The highest BCUT2D eigenvalue weighted by Crippen LogP contribution is 2.31. The van der Waals surface area contributed by atoms with Crippen LogP contribution in [0.3, 0.4) is 0 Å². The lowest BCUT2D eigenvalue weighted by Gasteiger charge is -2.23. The van der Waals surface area contributed by atoms with Crippen LogP contribution in [0.1, 0.15) is 44.5 Å². The fourth-order valence-electron chi connectivity index (χ4n) is 5.38. The van der Waals surface area contributed by atoms with E-state index in [-0.39, 0.29) is 23.0 Å². The quantitative estimate of drug-likeness (QED) is 0.0966. The van der Waals surface area contributed by atoms with E-state index in [1.54, 1.807) is 48.5 Å². The third kappa shape index (κ3) is 9.81. The first kappa shape index (κ1) is 35.0. The first-order chi connectivity index (χ1) is 22.7. The molecule has 0 saturated heterocycles. The predicted octanol–water partition coefficient (Wildman–Crippen LogP) is 4.81. The van der Waals surface area contributed by atoms with Crippen molar-refractivity contribution >= 4 is 0 Å². The molecule has 0 radical (unpaired) electrons. The molecule has 0 fully saturated rings. The Morgan fingerprint density at radius 1 is 0.362 bits per heavy atom. The van der Waals surface area contributed by atoms with Gasteiger partial charge in [0.05, 0.1) is 31.8 Å². The summed E-state index contributed by atoms with van der Waals surface area (Å²) in [7, 11) is 0. The van der Waals surface area contributed by atoms with Crippen LogP contribution in [0.2, 0.25) is 0 Å². The summed E-state index contributed by atoms with van der Waals surface area (Å²) in [6.07, 6.45) is 2.51. The van der Waals surface area contributed by atoms with Gasteiger partial charge in [-0.15, -0.1) is 0 Å². The number of aliphatic hydroxyl groups is 4. The summed E-state index contributed by atoms with van der Waals surface area (Å²) in [6.45, 7) is -1.62. The zero-order valence-electron chi connectivity index (χ0n) is 26.1. The number of phenolic OH excluding ortho intramolecular Hbond substituents is 4. The maximum absolute atomic E-state index is 10.2. The Morgan fingerprint density at radius 3 is 0.872 bits per heavy atom. The van der Waals surface area contributed by atoms with Gasteiger partial charge in [0.2, 0.25) is 0 Å². The SMILES string of the molecule is OCC(CO)(CO)CO.Oc1cccc(Cc2ccc(Cc3cccc(O)c3)c(Cc3cccc(O)c3)c2Cc2cccc(O)c2)c1. The molecule has 0 bridgehead atoms. The number of rotatable bonds is 12. The van der Waals surface area contributed by atoms with E-state index in [0.717, 1.165) is 44.5 Å². The molecule has 0 heterocycles. The average Bonchev–Trinajstić information content (AvgIpc) is 3.05. The van der Waals surface area contributed by atoms with Crippen LogP contribution in [0.4, 0.5) is 0 Å². The second-order valence-corrected chi connectivity index (χ2v) is 11.9. The first-order valence-electron chi connectivity index (χ1n) is 15.3. The molecule has 246 valence electrons. The topological polar surface area (TPSA) is 162 Å². The van der Waals surface area contributed by atoms with Crippen molar-refractivity contribution in [3.63, 3.8) is 0 Å². The average molecular weight is 639 g/mol. The van der Waals surface area contributed by atoms with Gasteiger partial charge < -0.3 is 40.9 Å². The zero-order chi connectivity index (χ0) is 33.8. The molecule has 0 aliphatic carbocycles. The van der Waals surface area contributed by atoms with E-state index in [0.29, 0.717) is 25.7 Å². The predicted molar refractivity (Wildman–Crippen MR) is 181 cm³/mol. The second-order valence-electron chi connectivity index (χ2n) is 11.9. The van der Waals surface area contributed by atoms with Crippen molar-refractivity contribution in [2.45, 2.75) is 25.7 Å². The molecule has 5 aromatic rings. The van der Waals surface area contributed by atoms with E-state index in [1.807, 2.05) is 48.5 Å². The molecule has 0 spiro atoms. The molecule has 8 heteroatoms. The van der Waals surface area contributed by atoms with Crippen molar-refractivity contribution in [2.24, 2.45) is 5.41 Å². The van der Waals surface area contributed by atoms with Gasteiger partial charge in [0.25, 0.3) is 0 Å². The van der Waals surface area contributed by atoms with Crippen LogP contribution < -0.4 is 0 Å². The van der Waals surface area contributed by atoms with E-state index in [1.165, 1.54) is 0 Å². The molecule has 0 aliphatic heterocycles. The third-order valence-electron chi connectivity index (χ3n) is 8.16. The Bertz CT molecular complexity index is 1610. The van der Waals surface area contributed by atoms with Crippen LogP contribution in [0, 0.1) is 5.41 Å². The Kier molecular flexibility index (Phi) is 12.4. The summed E-state index contributed by atoms with van der Waals surface area (Å²) >= 11 is 0. The van der Waals surface area contributed by atoms with Gasteiger partial charge in [-0.3, -0.25) is 0 Å². The molecule has 0 saturated carbocycles. The maximum Gasteiger partial charge on any atom is 0.115 e. The molecule has 8 N–H and O–H groups in total. The van der Waals surface area contributed by atoms with Crippen LogP contribution in [0.15, 0.2) is 109 Å². The van der Waals surface area contributed by atoms with Crippen LogP contribution in [0.25, 0.3) is 0 Å². The smallest absolute Gasteiger partial charge is 0.115 e. The fourth-order valence-corrected chi connectivity index (χ4v) is 5.38. The van der Waals surface area contributed by atoms with Crippen molar-refractivity contribution in [2.75, 3.05) is 26.4 Å². The number of aliphatic hydroxyl groups excluding tert-OH is 4. The monoisotopic (exact) mass is 638 g/mol. The summed E-state index contributed by atoms with van der Waals surface area (Å²) in [4.78, 5) is 0. The Hall–Kier alpha value is -4.86. The van der Waals surface area contributed by atoms with Gasteiger partial charge >= 0.3 is 0 Å². The molecule has 0 atom stereocenters. The molecule has 8 nitrogen and oxygen atoms in total. The zero-order valence-corrected chi connectivity index (χ0v) is 26.1. The van der Waals surface area contributed by atoms with Gasteiger partial charge in [0.15, 0.2) is 0 Å². The lowest BCUT2D eigenvalue weighted by atomic mass is 9.84. The summed E-state index contributed by atoms with van der Waals surface area (Å²) in [5.74, 6) is 0.917. The van der Waals surface area contributed by atoms with Crippen molar-refractivity contribution < 1.29 is 40.9 Å². The third-order valence-corrected chi connectivity index (χ3v) is 8.16. The van der Waals surface area contributed by atoms with Crippen LogP contribution >= 0.6 is 0 Å². The second kappa shape index (κ2) is 16.6. The lowest BCUT2D eigenvalue weighted by Crippen LogP contribution is -2.37. The summed E-state index contributed by atoms with van der Waals surface area (Å²) < 4.78 is 0. The normalized spacial score (nSPS) is 11.1. The van der Waals surface area contributed by atoms with E-state index in [4.69, 9.17) is 20.4 Å². The molecule has 0 aromatic heterocycles. The van der Waals surface area contributed by atoms with Crippen LogP contribution in [-0.4, -0.2) is 67.3 Å². The van der Waals surface area contributed by atoms with Crippen LogP contribution in [0.5, 0.6) is 23.0 Å². The van der Waals surface area contributed by atoms with Gasteiger partial charge in [-0.25, -0.2) is 0 Å². The lowest BCUT2D eigenvalue weighted by molar-refractivity contribution is -0.0328. The molecule has 5 aromatic carbocycles. The molecular formula is C39H42O8. The molecule has 0 aliphatic rings. The molecular weight excluding hydrogens is 596 g/mol. The number of benzene rings is 5. The standard InChI is InChI=1S/C34H30O4.C5H12O4/c35-29-9-1-5-23(17-29)15-27-13-14-28(16-24-6-2-10-30(36)18-24)34(22-26-8-4-12-32(38)20-26)33(27)21-25-7-3-11-31(37)19-25;6-1-5(2-7,3-8)4-9/h1-14,17-20,35-38H,15-16,21-22H2;6-9H,1-4H2. The van der Waals surface area contributed by atoms with E-state index >= 15 is 0 Å². The minimum absolute atomic E-state index is 0.225. The van der Waals surface area contributed by atoms with Gasteiger partial charge in [0, 0.05) is 0 Å². The molecule has 5 rings (SSSR count). The first-order valence-corrected chi connectivity index (χ1v) is 15.3. The van der Waals surface area contributed by atoms with Crippen molar-refractivity contribution in [3.05, 3.63) is 154 Å². The molecule has 0 amide bonds. The Labute approximate surface area is 274 Å². The number of phenols is 4. The summed E-state index contributed by atoms with van der Waals surface area (Å²) in [6, 6.07) is 33.6. The number of hydrogen-bond acceptors (Lipinski definition) is 8. The fraction of sp³-hybridized carbons (Fsp3) is 0.231. The van der Waals surface area contributed by atoms with Crippen molar-refractivity contribution in [3.8, 4) is 23.0 Å². The number of hydrogen-bond donors (Lipinski definition) is 8. The van der Waals surface area contributed by atoms with Gasteiger partial charge in [-0.2, -0.15) is 0 Å². The van der Waals surface area contributed by atoms with E-state index in [2.05, 4.69) is 12.1 Å². The van der Waals surface area contributed by atoms with Crippen LogP contribution in [-0.2, 0) is 25.7 Å². The van der Waals surface area contributed by atoms with Gasteiger partial charge in [-0.1, -0.05) is 60.7 Å². The highest BCUT2D eigenvalue weighted by Gasteiger charge is 2.26. The largest absolute Gasteiger partial charge is 0.508 e. The Balaban J connectivity index is 0.000000488. The van der Waals surface area contributed by atoms with Crippen molar-refractivity contribution in [1.82, 2.24) is 0 Å². The van der Waals surface area contributed by atoms with E-state index < -0.39 is 31.8 Å². The van der Waals surface area contributed by atoms with E-state index in [9.17, 15) is 20.4 Å². The van der Waals surface area contributed by atoms with Gasteiger partial charge in [-0.05, 0) is 119 Å². The molecule has 47 heavy (non-hydrogen) atoms. The molecule has 0 unspecified atom stereocenters. The highest BCUT2D eigenvalue weighted by molar-refractivity contribution is 5.50. The highest BCUT2D eigenvalue weighted by atomic mass is 16.3. The minimum atomic E-state index is -1.11. The number of aromatic hydroxyl groups is 4. The van der Waals surface area contributed by atoms with Gasteiger partial charge in [0.1, 0.15) is 23.0 Å². The van der Waals surface area contributed by atoms with Crippen molar-refractivity contribution in [1.29, 1.82) is 0 Å². The maximum atomic E-state index is 10.2.